The molecule has 0 amide bonds. The normalized spacial score (nSPS) is 34.2. The van der Waals surface area contributed by atoms with Crippen LogP contribution >= 0.6 is 0 Å². The van der Waals surface area contributed by atoms with E-state index >= 15 is 0 Å². The maximum atomic E-state index is 9.29. The molecule has 0 aliphatic heterocycles. The molecule has 0 saturated heterocycles. The summed E-state index contributed by atoms with van der Waals surface area (Å²) in [4.78, 5) is 0. The molecule has 1 saturated carbocycles. The van der Waals surface area contributed by atoms with Crippen molar-refractivity contribution >= 4 is 0 Å². The van der Waals surface area contributed by atoms with Crippen LogP contribution in [0.2, 0.25) is 0 Å². The molecule has 0 aromatic heterocycles. The van der Waals surface area contributed by atoms with E-state index in [0.29, 0.717) is 0 Å². The first-order valence-corrected chi connectivity index (χ1v) is 4.57. The van der Waals surface area contributed by atoms with Gasteiger partial charge in [-0.05, 0) is 25.7 Å². The fourth-order valence-corrected chi connectivity index (χ4v) is 1.78. The molecule has 4 heteroatoms. The van der Waals surface area contributed by atoms with Gasteiger partial charge in [-0.3, -0.25) is 0 Å². The molecule has 4 nitrogen and oxygen atoms in total. The summed E-state index contributed by atoms with van der Waals surface area (Å²) in [6.07, 6.45) is 4.09. The maximum absolute atomic E-state index is 9.29. The molecule has 1 aliphatic rings. The third-order valence-corrected chi connectivity index (χ3v) is 2.64. The highest BCUT2D eigenvalue weighted by Crippen LogP contribution is 2.23. The van der Waals surface area contributed by atoms with Crippen molar-refractivity contribution in [1.29, 1.82) is 0 Å². The van der Waals surface area contributed by atoms with Crippen molar-refractivity contribution in [2.75, 3.05) is 0 Å². The van der Waals surface area contributed by atoms with Crippen molar-refractivity contribution in [2.24, 2.45) is 11.7 Å². The minimum Gasteiger partial charge on any atom is -0.376 e. The minimum atomic E-state index is -0.782. The molecule has 1 fully saturated rings. The first-order chi connectivity index (χ1) is 5.74. The average Bonchev–Trinajstić information content (AvgIpc) is 2.29. The Morgan fingerprint density at radius 1 is 1.25 bits per heavy atom. The Hall–Kier alpha value is -0.160. The summed E-state index contributed by atoms with van der Waals surface area (Å²) in [6, 6.07) is 0.279. The smallest absolute Gasteiger partial charge is 0.129 e. The topological polar surface area (TPSA) is 78.5 Å². The van der Waals surface area contributed by atoms with Crippen LogP contribution in [0, 0.1) is 5.92 Å². The summed E-state index contributed by atoms with van der Waals surface area (Å²) in [7, 11) is 0. The van der Waals surface area contributed by atoms with Crippen molar-refractivity contribution in [3.8, 4) is 0 Å². The number of hydrogen-bond acceptors (Lipinski definition) is 4. The van der Waals surface area contributed by atoms with Gasteiger partial charge in [0.25, 0.3) is 0 Å². The van der Waals surface area contributed by atoms with Crippen LogP contribution in [-0.4, -0.2) is 22.6 Å². The van der Waals surface area contributed by atoms with Crippen molar-refractivity contribution in [2.45, 2.75) is 44.4 Å². The van der Waals surface area contributed by atoms with Crippen molar-refractivity contribution in [3.63, 3.8) is 0 Å². The Morgan fingerprint density at radius 3 is 2.67 bits per heavy atom. The molecular weight excluding hydrogens is 156 g/mol. The molecule has 0 aromatic carbocycles. The lowest BCUT2D eigenvalue weighted by Crippen LogP contribution is -2.33. The highest BCUT2D eigenvalue weighted by molar-refractivity contribution is 4.74. The quantitative estimate of drug-likeness (QED) is 0.274. The molecule has 1 rings (SSSR count). The van der Waals surface area contributed by atoms with Crippen LogP contribution in [0.5, 0.6) is 0 Å². The Kier molecular flexibility index (Phi) is 3.94. The Balaban J connectivity index is 2.35. The second-order valence-electron chi connectivity index (χ2n) is 3.60. The van der Waals surface area contributed by atoms with E-state index in [1.807, 2.05) is 5.48 Å². The Labute approximate surface area is 72.7 Å². The lowest BCUT2D eigenvalue weighted by atomic mass is 9.99. The molecule has 3 atom stereocenters. The molecule has 12 heavy (non-hydrogen) atoms. The lowest BCUT2D eigenvalue weighted by molar-refractivity contribution is -0.0378. The zero-order valence-electron chi connectivity index (χ0n) is 7.24. The number of nitrogens with two attached hydrogens (primary N) is 1. The number of hydroxylamine groups is 1. The van der Waals surface area contributed by atoms with Gasteiger partial charge >= 0.3 is 0 Å². The van der Waals surface area contributed by atoms with Gasteiger partial charge in [0, 0.05) is 12.0 Å². The van der Waals surface area contributed by atoms with Gasteiger partial charge in [-0.15, -0.1) is 0 Å². The molecule has 5 N–H and O–H groups in total. The standard InChI is InChI=1S/C8H18N2O2/c9-7-3-1-2-6(4-5-7)8(11)10-12/h6-8,10-12H,1-5,9H2. The van der Waals surface area contributed by atoms with Crippen LogP contribution in [-0.2, 0) is 0 Å². The molecule has 0 spiro atoms. The lowest BCUT2D eigenvalue weighted by Gasteiger charge is -2.19. The molecule has 0 heterocycles. The molecule has 1 aliphatic carbocycles. The number of aliphatic hydroxyl groups is 1. The van der Waals surface area contributed by atoms with Crippen LogP contribution < -0.4 is 11.2 Å². The van der Waals surface area contributed by atoms with E-state index in [9.17, 15) is 5.11 Å². The van der Waals surface area contributed by atoms with E-state index < -0.39 is 6.23 Å². The van der Waals surface area contributed by atoms with Gasteiger partial charge in [-0.25, -0.2) is 0 Å². The third kappa shape index (κ3) is 2.71. The van der Waals surface area contributed by atoms with E-state index in [4.69, 9.17) is 10.9 Å². The molecule has 0 radical (unpaired) electrons. The average molecular weight is 174 g/mol. The first kappa shape index (κ1) is 9.92. The van der Waals surface area contributed by atoms with E-state index in [-0.39, 0.29) is 12.0 Å². The number of rotatable bonds is 2. The largest absolute Gasteiger partial charge is 0.376 e. The van der Waals surface area contributed by atoms with E-state index in [1.54, 1.807) is 0 Å². The number of aliphatic hydroxyl groups excluding tert-OH is 1. The van der Waals surface area contributed by atoms with Crippen LogP contribution in [0.1, 0.15) is 32.1 Å². The molecule has 0 aromatic rings. The highest BCUT2D eigenvalue weighted by atomic mass is 16.5. The number of nitrogens with one attached hydrogen (secondary N) is 1. The number of hydrogen-bond donors (Lipinski definition) is 4. The van der Waals surface area contributed by atoms with Gasteiger partial charge in [0.1, 0.15) is 6.23 Å². The predicted molar refractivity (Wildman–Crippen MR) is 45.5 cm³/mol. The fraction of sp³-hybridized carbons (Fsp3) is 1.00. The fourth-order valence-electron chi connectivity index (χ4n) is 1.78. The summed E-state index contributed by atoms with van der Waals surface area (Å²) in [5.41, 5.74) is 7.67. The van der Waals surface area contributed by atoms with Gasteiger partial charge in [-0.2, -0.15) is 5.48 Å². The van der Waals surface area contributed by atoms with Crippen molar-refractivity contribution < 1.29 is 10.3 Å². The monoisotopic (exact) mass is 174 g/mol. The second kappa shape index (κ2) is 4.77. The van der Waals surface area contributed by atoms with Gasteiger partial charge < -0.3 is 16.0 Å². The highest BCUT2D eigenvalue weighted by Gasteiger charge is 2.22. The Morgan fingerprint density at radius 2 is 2.00 bits per heavy atom. The van der Waals surface area contributed by atoms with Crippen LogP contribution in [0.3, 0.4) is 0 Å². The second-order valence-corrected chi connectivity index (χ2v) is 3.60. The first-order valence-electron chi connectivity index (χ1n) is 4.57. The van der Waals surface area contributed by atoms with Gasteiger partial charge in [0.15, 0.2) is 0 Å². The Bertz CT molecular complexity index is 132. The molecular formula is C8H18N2O2. The van der Waals surface area contributed by atoms with Crippen LogP contribution in [0.4, 0.5) is 0 Å². The SMILES string of the molecule is NC1CCCC(C(O)NO)CC1. The maximum Gasteiger partial charge on any atom is 0.129 e. The van der Waals surface area contributed by atoms with E-state index in [2.05, 4.69) is 0 Å². The zero-order chi connectivity index (χ0) is 8.97. The van der Waals surface area contributed by atoms with Gasteiger partial charge in [-0.1, -0.05) is 6.42 Å². The van der Waals surface area contributed by atoms with Crippen molar-refractivity contribution in [1.82, 2.24) is 5.48 Å². The minimum absolute atomic E-state index is 0.156. The van der Waals surface area contributed by atoms with Gasteiger partial charge in [0.05, 0.1) is 0 Å². The molecule has 3 unspecified atom stereocenters. The summed E-state index contributed by atoms with van der Waals surface area (Å²) in [5, 5.41) is 17.8. The zero-order valence-corrected chi connectivity index (χ0v) is 7.24. The predicted octanol–water partition coefficient (Wildman–Crippen LogP) is 0.191. The summed E-state index contributed by atoms with van der Waals surface area (Å²) in [6.45, 7) is 0. The van der Waals surface area contributed by atoms with Crippen LogP contribution in [0.15, 0.2) is 0 Å². The summed E-state index contributed by atoms with van der Waals surface area (Å²) < 4.78 is 0. The molecule has 0 bridgehead atoms. The summed E-state index contributed by atoms with van der Waals surface area (Å²) in [5.74, 6) is 0.156. The van der Waals surface area contributed by atoms with Crippen LogP contribution in [0.25, 0.3) is 0 Å². The third-order valence-electron chi connectivity index (χ3n) is 2.64. The molecule has 72 valence electrons. The van der Waals surface area contributed by atoms with E-state index in [1.165, 1.54) is 0 Å². The van der Waals surface area contributed by atoms with E-state index in [0.717, 1.165) is 32.1 Å². The van der Waals surface area contributed by atoms with Crippen molar-refractivity contribution in [3.05, 3.63) is 0 Å². The summed E-state index contributed by atoms with van der Waals surface area (Å²) >= 11 is 0. The van der Waals surface area contributed by atoms with Gasteiger partial charge in [0.2, 0.25) is 0 Å².